The maximum absolute atomic E-state index is 4.14. The lowest BCUT2D eigenvalue weighted by atomic mass is 9.66. The summed E-state index contributed by atoms with van der Waals surface area (Å²) in [5.74, 6) is 0. The molecule has 0 spiro atoms. The SMILES string of the molecule is C[Si](C)(C)N(B1NB(N([Si](C)(C)C)[Si](C)(C)C)NB(N([Si](C)(C)C)[Si](C)(C)C)N1)[Si](C)(C)C. The molecule has 1 heterocycles. The number of nitrogens with zero attached hydrogens (tertiary/aromatic N) is 3. The van der Waals surface area contributed by atoms with E-state index in [1.807, 2.05) is 0 Å². The lowest BCUT2D eigenvalue weighted by Gasteiger charge is -2.57. The van der Waals surface area contributed by atoms with Crippen molar-refractivity contribution in [1.82, 2.24) is 27.8 Å². The molecule has 1 aliphatic heterocycles. The minimum absolute atomic E-state index is 0.199. The van der Waals surface area contributed by atoms with Gasteiger partial charge in [-0.05, 0) is 0 Å². The minimum atomic E-state index is -1.57. The average Bonchev–Trinajstić information content (AvgIpc) is 2.35. The maximum Gasteiger partial charge on any atom is 0.365 e. The second-order valence-electron chi connectivity index (χ2n) is 15.8. The fourth-order valence-corrected chi connectivity index (χ4v) is 36.1. The van der Waals surface area contributed by atoms with Gasteiger partial charge in [0, 0.05) is 0 Å². The fourth-order valence-electron chi connectivity index (χ4n) is 6.38. The topological polar surface area (TPSA) is 45.8 Å². The quantitative estimate of drug-likeness (QED) is 0.359. The van der Waals surface area contributed by atoms with Crippen LogP contribution in [-0.4, -0.2) is 83.2 Å². The van der Waals surface area contributed by atoms with Crippen LogP contribution < -0.4 is 15.4 Å². The summed E-state index contributed by atoms with van der Waals surface area (Å²) in [5.41, 5.74) is 0. The van der Waals surface area contributed by atoms with Gasteiger partial charge < -0.3 is 27.8 Å². The van der Waals surface area contributed by atoms with Gasteiger partial charge in [0.05, 0.1) is 0 Å². The zero-order valence-corrected chi connectivity index (χ0v) is 31.6. The first kappa shape index (κ1) is 32.3. The molecule has 6 nitrogen and oxygen atoms in total. The van der Waals surface area contributed by atoms with E-state index in [-0.39, 0.29) is 21.4 Å². The van der Waals surface area contributed by atoms with Gasteiger partial charge in [-0.3, -0.25) is 0 Å². The van der Waals surface area contributed by atoms with E-state index in [9.17, 15) is 0 Å². The number of hydrogen-bond acceptors (Lipinski definition) is 6. The summed E-state index contributed by atoms with van der Waals surface area (Å²) in [6, 6.07) is 0. The summed E-state index contributed by atoms with van der Waals surface area (Å²) in [7, 11) is -8.83. The largest absolute Gasteiger partial charge is 0.365 e. The molecule has 0 aromatic carbocycles. The smallest absolute Gasteiger partial charge is 0.360 e. The van der Waals surface area contributed by atoms with Crippen molar-refractivity contribution < 1.29 is 0 Å². The van der Waals surface area contributed by atoms with E-state index in [1.165, 1.54) is 0 Å². The lowest BCUT2D eigenvalue weighted by molar-refractivity contribution is 0.783. The van der Waals surface area contributed by atoms with Crippen LogP contribution in [-0.2, 0) is 0 Å². The first-order valence-electron chi connectivity index (χ1n) is 12.8. The molecule has 0 aromatic rings. The third-order valence-electron chi connectivity index (χ3n) is 6.06. The Balaban J connectivity index is 3.71. The van der Waals surface area contributed by atoms with Gasteiger partial charge in [0.15, 0.2) is 0 Å². The predicted molar refractivity (Wildman–Crippen MR) is 172 cm³/mol. The standard InChI is InChI=1S/C18H57B3N6Si6/c1-28(2,3)25(29(4,5)6)19-22-20(26(30(7,8)9)31(10,11)12)24-21(23-19)27(32(13,14)15)33(16,17)18/h22-24H,1-18H3. The van der Waals surface area contributed by atoms with Crippen LogP contribution in [0.5, 0.6) is 0 Å². The molecule has 33 heavy (non-hydrogen) atoms. The third-order valence-corrected chi connectivity index (χ3v) is 28.4. The molecule has 0 aliphatic carbocycles. The summed E-state index contributed by atoms with van der Waals surface area (Å²) < 4.78 is 8.75. The van der Waals surface area contributed by atoms with E-state index in [1.54, 1.807) is 0 Å². The van der Waals surface area contributed by atoms with Crippen LogP contribution in [0, 0.1) is 0 Å². The van der Waals surface area contributed by atoms with E-state index in [0.29, 0.717) is 0 Å². The van der Waals surface area contributed by atoms with Crippen LogP contribution in [0.2, 0.25) is 118 Å². The van der Waals surface area contributed by atoms with E-state index in [4.69, 9.17) is 0 Å². The van der Waals surface area contributed by atoms with E-state index in [0.717, 1.165) is 0 Å². The van der Waals surface area contributed by atoms with Crippen molar-refractivity contribution in [1.29, 1.82) is 0 Å². The summed E-state index contributed by atoms with van der Waals surface area (Å²) in [5, 5.41) is 12.4. The van der Waals surface area contributed by atoms with Crippen LogP contribution in [0.4, 0.5) is 0 Å². The maximum atomic E-state index is 4.14. The zero-order chi connectivity index (χ0) is 26.6. The summed E-state index contributed by atoms with van der Waals surface area (Å²) in [4.78, 5) is 0. The average molecular weight is 559 g/mol. The Bertz CT molecular complexity index is 525. The molecule has 1 fully saturated rings. The molecule has 0 radical (unpaired) electrons. The molecule has 192 valence electrons. The van der Waals surface area contributed by atoms with E-state index in [2.05, 4.69) is 146 Å². The molecule has 0 saturated carbocycles. The fraction of sp³-hybridized carbons (Fsp3) is 1.00. The zero-order valence-electron chi connectivity index (χ0n) is 25.6. The van der Waals surface area contributed by atoms with Crippen LogP contribution in [0.15, 0.2) is 0 Å². The predicted octanol–water partition coefficient (Wildman–Crippen LogP) is 4.64. The van der Waals surface area contributed by atoms with Gasteiger partial charge in [-0.2, -0.15) is 0 Å². The molecule has 0 amide bonds. The molecular formula is C18H57B3N6Si6. The van der Waals surface area contributed by atoms with Crippen LogP contribution >= 0.6 is 0 Å². The van der Waals surface area contributed by atoms with E-state index < -0.39 is 49.4 Å². The second-order valence-corrected chi connectivity index (χ2v) is 46.1. The van der Waals surface area contributed by atoms with Crippen LogP contribution in [0.25, 0.3) is 0 Å². The van der Waals surface area contributed by atoms with Crippen molar-refractivity contribution in [2.45, 2.75) is 118 Å². The first-order chi connectivity index (χ1) is 14.2. The van der Waals surface area contributed by atoms with Crippen molar-refractivity contribution >= 4 is 70.8 Å². The molecule has 0 aromatic heterocycles. The third kappa shape index (κ3) is 8.66. The van der Waals surface area contributed by atoms with Gasteiger partial charge in [-0.15, -0.1) is 0 Å². The van der Waals surface area contributed by atoms with Gasteiger partial charge >= 0.3 is 21.4 Å². The van der Waals surface area contributed by atoms with Crippen LogP contribution in [0.1, 0.15) is 0 Å². The molecule has 0 atom stereocenters. The highest BCUT2D eigenvalue weighted by Crippen LogP contribution is 2.26. The first-order valence-corrected chi connectivity index (χ1v) is 33.5. The highest BCUT2D eigenvalue weighted by Gasteiger charge is 2.55. The molecular weight excluding hydrogens is 501 g/mol. The van der Waals surface area contributed by atoms with Gasteiger partial charge in [-0.25, -0.2) is 0 Å². The highest BCUT2D eigenvalue weighted by molar-refractivity contribution is 7.08. The van der Waals surface area contributed by atoms with E-state index >= 15 is 0 Å². The molecule has 0 unspecified atom stereocenters. The molecule has 0 bridgehead atoms. The van der Waals surface area contributed by atoms with Crippen molar-refractivity contribution in [3.63, 3.8) is 0 Å². The van der Waals surface area contributed by atoms with Gasteiger partial charge in [0.1, 0.15) is 49.4 Å². The van der Waals surface area contributed by atoms with Crippen molar-refractivity contribution in [2.24, 2.45) is 0 Å². The Morgan fingerprint density at radius 1 is 0.303 bits per heavy atom. The molecule has 15 heteroatoms. The minimum Gasteiger partial charge on any atom is -0.360 e. The Hall–Kier alpha value is 1.26. The Kier molecular flexibility index (Phi) is 9.97. The lowest BCUT2D eigenvalue weighted by Crippen LogP contribution is -2.92. The monoisotopic (exact) mass is 558 g/mol. The van der Waals surface area contributed by atoms with Gasteiger partial charge in [0.25, 0.3) is 0 Å². The number of rotatable bonds is 9. The summed E-state index contributed by atoms with van der Waals surface area (Å²) in [6.45, 7) is 45.3. The number of hydrogen-bond donors (Lipinski definition) is 3. The summed E-state index contributed by atoms with van der Waals surface area (Å²) in [6.07, 6.45) is 0. The van der Waals surface area contributed by atoms with Gasteiger partial charge in [-0.1, -0.05) is 118 Å². The second kappa shape index (κ2) is 10.2. The Labute approximate surface area is 215 Å². The van der Waals surface area contributed by atoms with Crippen molar-refractivity contribution in [3.8, 4) is 0 Å². The number of nitrogens with one attached hydrogen (secondary N) is 3. The van der Waals surface area contributed by atoms with Crippen molar-refractivity contribution in [2.75, 3.05) is 0 Å². The normalized spacial score (nSPS) is 18.3. The van der Waals surface area contributed by atoms with Crippen LogP contribution in [0.3, 0.4) is 0 Å². The molecule has 1 rings (SSSR count). The van der Waals surface area contributed by atoms with Gasteiger partial charge in [0.2, 0.25) is 0 Å². The summed E-state index contributed by atoms with van der Waals surface area (Å²) >= 11 is 0. The van der Waals surface area contributed by atoms with Crippen molar-refractivity contribution in [3.05, 3.63) is 0 Å². The molecule has 1 aliphatic rings. The molecule has 3 N–H and O–H groups in total. The highest BCUT2D eigenvalue weighted by atomic mass is 28.4. The Morgan fingerprint density at radius 3 is 0.515 bits per heavy atom. The molecule has 1 saturated heterocycles. The Morgan fingerprint density at radius 2 is 0.424 bits per heavy atom.